The van der Waals surface area contributed by atoms with Gasteiger partial charge in [-0.3, -0.25) is 9.59 Å². The normalized spacial score (nSPS) is 19.5. The highest BCUT2D eigenvalue weighted by atomic mass is 19.1. The van der Waals surface area contributed by atoms with E-state index in [9.17, 15) is 18.4 Å². The molecular weight excluding hydrogens is 414 g/mol. The summed E-state index contributed by atoms with van der Waals surface area (Å²) in [6, 6.07) is 8.93. The Kier molecular flexibility index (Phi) is 6.41. The van der Waals surface area contributed by atoms with Gasteiger partial charge >= 0.3 is 0 Å². The van der Waals surface area contributed by atoms with Gasteiger partial charge in [0.15, 0.2) is 0 Å². The maximum Gasteiger partial charge on any atom is 0.229 e. The quantitative estimate of drug-likeness (QED) is 0.771. The van der Waals surface area contributed by atoms with Crippen LogP contribution in [0.5, 0.6) is 0 Å². The molecule has 6 nitrogen and oxygen atoms in total. The Balaban J connectivity index is 1.40. The van der Waals surface area contributed by atoms with Crippen LogP contribution in [-0.4, -0.2) is 56.0 Å². The molecule has 0 aliphatic carbocycles. The van der Waals surface area contributed by atoms with E-state index < -0.39 is 17.6 Å². The predicted molar refractivity (Wildman–Crippen MR) is 121 cm³/mol. The van der Waals surface area contributed by atoms with Crippen LogP contribution in [0.1, 0.15) is 18.9 Å². The van der Waals surface area contributed by atoms with Crippen LogP contribution in [0.2, 0.25) is 0 Å². The molecular formula is C24H28F2N4O2. The molecule has 1 unspecified atom stereocenters. The Bertz CT molecular complexity index is 1000. The lowest BCUT2D eigenvalue weighted by Gasteiger charge is -2.35. The van der Waals surface area contributed by atoms with Gasteiger partial charge in [0.05, 0.1) is 5.92 Å². The van der Waals surface area contributed by atoms with E-state index in [4.69, 9.17) is 0 Å². The van der Waals surface area contributed by atoms with Crippen LogP contribution < -0.4 is 15.1 Å². The summed E-state index contributed by atoms with van der Waals surface area (Å²) >= 11 is 0. The first kappa shape index (κ1) is 22.2. The standard InChI is InChI=1S/C24H28F2N4O2/c1-3-28-6-8-29(9-7-28)20-4-5-22(16(2)10-20)27-24(32)17-11-23(31)30(15-17)21-13-18(25)12-19(26)14-21/h4-5,10,12-14,17H,3,6-9,11,15H2,1-2H3,(H,27,32). The van der Waals surface area contributed by atoms with Gasteiger partial charge in [0, 0.05) is 62.3 Å². The van der Waals surface area contributed by atoms with Crippen molar-refractivity contribution >= 4 is 28.9 Å². The molecule has 32 heavy (non-hydrogen) atoms. The fraction of sp³-hybridized carbons (Fsp3) is 0.417. The van der Waals surface area contributed by atoms with Crippen LogP contribution in [0.3, 0.4) is 0 Å². The number of anilines is 3. The van der Waals surface area contributed by atoms with Crippen molar-refractivity contribution in [3.63, 3.8) is 0 Å². The molecule has 4 rings (SSSR count). The molecule has 2 aliphatic rings. The largest absolute Gasteiger partial charge is 0.369 e. The zero-order valence-corrected chi connectivity index (χ0v) is 18.4. The highest BCUT2D eigenvalue weighted by Crippen LogP contribution is 2.29. The number of aryl methyl sites for hydroxylation is 1. The molecule has 2 aliphatic heterocycles. The number of halogens is 2. The monoisotopic (exact) mass is 442 g/mol. The zero-order valence-electron chi connectivity index (χ0n) is 18.4. The van der Waals surface area contributed by atoms with Crippen molar-refractivity contribution in [1.29, 1.82) is 0 Å². The van der Waals surface area contributed by atoms with Crippen molar-refractivity contribution < 1.29 is 18.4 Å². The molecule has 170 valence electrons. The minimum Gasteiger partial charge on any atom is -0.369 e. The summed E-state index contributed by atoms with van der Waals surface area (Å²) in [5.74, 6) is -2.70. The smallest absolute Gasteiger partial charge is 0.229 e. The van der Waals surface area contributed by atoms with Gasteiger partial charge in [-0.05, 0) is 49.4 Å². The van der Waals surface area contributed by atoms with Gasteiger partial charge in [-0.25, -0.2) is 8.78 Å². The Hall–Kier alpha value is -3.00. The topological polar surface area (TPSA) is 55.9 Å². The molecule has 0 saturated carbocycles. The summed E-state index contributed by atoms with van der Waals surface area (Å²) in [6.45, 7) is 9.29. The van der Waals surface area contributed by atoms with Crippen LogP contribution in [0, 0.1) is 24.5 Å². The van der Waals surface area contributed by atoms with Crippen LogP contribution in [0.4, 0.5) is 25.8 Å². The van der Waals surface area contributed by atoms with E-state index in [0.29, 0.717) is 5.69 Å². The first-order valence-corrected chi connectivity index (χ1v) is 11.0. The molecule has 8 heteroatoms. The number of hydrogen-bond donors (Lipinski definition) is 1. The average Bonchev–Trinajstić information content (AvgIpc) is 3.16. The van der Waals surface area contributed by atoms with Crippen molar-refractivity contribution in [2.45, 2.75) is 20.3 Å². The second-order valence-electron chi connectivity index (χ2n) is 8.44. The van der Waals surface area contributed by atoms with E-state index in [1.165, 1.54) is 4.90 Å². The van der Waals surface area contributed by atoms with Crippen LogP contribution in [-0.2, 0) is 9.59 Å². The Labute approximate surface area is 186 Å². The maximum atomic E-state index is 13.5. The third-order valence-electron chi connectivity index (χ3n) is 6.31. The number of carbonyl (C=O) groups excluding carboxylic acids is 2. The lowest BCUT2D eigenvalue weighted by atomic mass is 10.1. The van der Waals surface area contributed by atoms with Gasteiger partial charge in [-0.1, -0.05) is 6.92 Å². The van der Waals surface area contributed by atoms with Gasteiger partial charge < -0.3 is 20.0 Å². The summed E-state index contributed by atoms with van der Waals surface area (Å²) in [6.07, 6.45) is 0.00278. The number of hydrogen-bond acceptors (Lipinski definition) is 4. The minimum atomic E-state index is -0.757. The SMILES string of the molecule is CCN1CCN(c2ccc(NC(=O)C3CC(=O)N(c4cc(F)cc(F)c4)C3)c(C)c2)CC1. The third kappa shape index (κ3) is 4.75. The first-order chi connectivity index (χ1) is 15.3. The summed E-state index contributed by atoms with van der Waals surface area (Å²) in [5.41, 5.74) is 2.91. The van der Waals surface area contributed by atoms with Gasteiger partial charge in [0.2, 0.25) is 11.8 Å². The predicted octanol–water partition coefficient (Wildman–Crippen LogP) is 3.41. The molecule has 2 fully saturated rings. The second kappa shape index (κ2) is 9.24. The number of amides is 2. The van der Waals surface area contributed by atoms with E-state index in [1.807, 2.05) is 19.1 Å². The van der Waals surface area contributed by atoms with Crippen molar-refractivity contribution in [2.75, 3.05) is 54.4 Å². The maximum absolute atomic E-state index is 13.5. The summed E-state index contributed by atoms with van der Waals surface area (Å²) in [7, 11) is 0. The Morgan fingerprint density at radius 2 is 1.72 bits per heavy atom. The molecule has 1 N–H and O–H groups in total. The van der Waals surface area contributed by atoms with E-state index in [0.717, 1.165) is 62.2 Å². The molecule has 0 spiro atoms. The lowest BCUT2D eigenvalue weighted by Crippen LogP contribution is -2.46. The number of benzene rings is 2. The average molecular weight is 443 g/mol. The minimum absolute atomic E-state index is 0.00278. The van der Waals surface area contributed by atoms with Crippen LogP contribution in [0.25, 0.3) is 0 Å². The van der Waals surface area contributed by atoms with Gasteiger partial charge in [-0.15, -0.1) is 0 Å². The number of rotatable bonds is 5. The second-order valence-corrected chi connectivity index (χ2v) is 8.44. The number of carbonyl (C=O) groups is 2. The fourth-order valence-electron chi connectivity index (χ4n) is 4.37. The fourth-order valence-corrected chi connectivity index (χ4v) is 4.37. The summed E-state index contributed by atoms with van der Waals surface area (Å²) in [4.78, 5) is 31.2. The molecule has 0 aromatic heterocycles. The lowest BCUT2D eigenvalue weighted by molar-refractivity contribution is -0.122. The number of piperazine rings is 1. The highest BCUT2D eigenvalue weighted by Gasteiger charge is 2.35. The Morgan fingerprint density at radius 3 is 2.34 bits per heavy atom. The van der Waals surface area contributed by atoms with Crippen molar-refractivity contribution in [3.05, 3.63) is 53.6 Å². The van der Waals surface area contributed by atoms with Gasteiger partial charge in [-0.2, -0.15) is 0 Å². The number of nitrogens with one attached hydrogen (secondary N) is 1. The number of likely N-dealkylation sites (N-methyl/N-ethyl adjacent to an activating group) is 1. The van der Waals surface area contributed by atoms with E-state index in [-0.39, 0.29) is 30.5 Å². The molecule has 2 saturated heterocycles. The van der Waals surface area contributed by atoms with E-state index in [2.05, 4.69) is 28.1 Å². The van der Waals surface area contributed by atoms with Crippen molar-refractivity contribution in [3.8, 4) is 0 Å². The molecule has 0 radical (unpaired) electrons. The molecule has 2 amide bonds. The Morgan fingerprint density at radius 1 is 1.03 bits per heavy atom. The van der Waals surface area contributed by atoms with Crippen molar-refractivity contribution in [1.82, 2.24) is 4.90 Å². The summed E-state index contributed by atoms with van der Waals surface area (Å²) in [5, 5.41) is 2.92. The van der Waals surface area contributed by atoms with E-state index in [1.54, 1.807) is 0 Å². The first-order valence-electron chi connectivity index (χ1n) is 11.0. The molecule has 2 heterocycles. The molecule has 2 aromatic rings. The van der Waals surface area contributed by atoms with Crippen molar-refractivity contribution in [2.24, 2.45) is 5.92 Å². The molecule has 1 atom stereocenters. The molecule has 0 bridgehead atoms. The summed E-state index contributed by atoms with van der Waals surface area (Å²) < 4.78 is 27.1. The third-order valence-corrected chi connectivity index (χ3v) is 6.31. The van der Waals surface area contributed by atoms with Gasteiger partial charge in [0.25, 0.3) is 0 Å². The van der Waals surface area contributed by atoms with E-state index >= 15 is 0 Å². The van der Waals surface area contributed by atoms with Crippen LogP contribution >= 0.6 is 0 Å². The van der Waals surface area contributed by atoms with Crippen LogP contribution in [0.15, 0.2) is 36.4 Å². The molecule has 2 aromatic carbocycles. The van der Waals surface area contributed by atoms with Gasteiger partial charge in [0.1, 0.15) is 11.6 Å². The highest BCUT2D eigenvalue weighted by molar-refractivity contribution is 6.03. The number of nitrogens with zero attached hydrogens (tertiary/aromatic N) is 3. The zero-order chi connectivity index (χ0) is 22.8.